The molecule has 0 unspecified atom stereocenters. The minimum Gasteiger partial charge on any atom is -0.465 e. The average Bonchev–Trinajstić information content (AvgIpc) is 2.94. The van der Waals surface area contributed by atoms with Crippen LogP contribution in [0.25, 0.3) is 21.9 Å². The highest BCUT2D eigenvalue weighted by atomic mass is 79.9. The molecule has 8 heteroatoms. The third kappa shape index (κ3) is 3.75. The van der Waals surface area contributed by atoms with Crippen molar-refractivity contribution in [2.24, 2.45) is 0 Å². The van der Waals surface area contributed by atoms with Crippen LogP contribution in [0, 0.1) is 0 Å². The van der Waals surface area contributed by atoms with Gasteiger partial charge in [-0.05, 0) is 37.5 Å². The summed E-state index contributed by atoms with van der Waals surface area (Å²) >= 11 is 3.48. The molecular formula is C18H22BrN5O2. The van der Waals surface area contributed by atoms with Crippen LogP contribution in [0.2, 0.25) is 0 Å². The van der Waals surface area contributed by atoms with E-state index in [9.17, 15) is 4.79 Å². The van der Waals surface area contributed by atoms with Crippen molar-refractivity contribution in [1.82, 2.24) is 19.9 Å². The number of nitrogens with zero attached hydrogens (tertiary/aromatic N) is 3. The Morgan fingerprint density at radius 1 is 1.35 bits per heavy atom. The molecule has 2 aromatic heterocycles. The minimum absolute atomic E-state index is 0.439. The van der Waals surface area contributed by atoms with Gasteiger partial charge in [-0.25, -0.2) is 14.8 Å². The lowest BCUT2D eigenvalue weighted by Crippen LogP contribution is -2.22. The third-order valence-electron chi connectivity index (χ3n) is 4.30. The maximum absolute atomic E-state index is 10.6. The molecule has 0 aliphatic rings. The summed E-state index contributed by atoms with van der Waals surface area (Å²) in [5.41, 5.74) is 8.77. The van der Waals surface area contributed by atoms with E-state index in [2.05, 4.69) is 37.7 Å². The van der Waals surface area contributed by atoms with Crippen LogP contribution in [0.4, 0.5) is 10.6 Å². The number of hydrogen-bond acceptors (Lipinski definition) is 4. The number of imidazole rings is 1. The highest BCUT2D eigenvalue weighted by molar-refractivity contribution is 9.10. The molecule has 0 spiro atoms. The van der Waals surface area contributed by atoms with Crippen molar-refractivity contribution in [3.8, 4) is 0 Å². The first-order chi connectivity index (χ1) is 12.5. The summed E-state index contributed by atoms with van der Waals surface area (Å²) in [6.45, 7) is 3.33. The number of carboxylic acid groups (broad SMARTS) is 1. The van der Waals surface area contributed by atoms with E-state index in [-0.39, 0.29) is 0 Å². The largest absolute Gasteiger partial charge is 0.465 e. The topological polar surface area (TPSA) is 106 Å². The van der Waals surface area contributed by atoms with Crippen molar-refractivity contribution in [3.05, 3.63) is 28.5 Å². The van der Waals surface area contributed by atoms with E-state index in [0.717, 1.165) is 64.5 Å². The fraction of sp³-hybridized carbons (Fsp3) is 0.389. The van der Waals surface area contributed by atoms with Crippen molar-refractivity contribution in [2.45, 2.75) is 39.2 Å². The predicted octanol–water partition coefficient (Wildman–Crippen LogP) is 3.93. The predicted molar refractivity (Wildman–Crippen MR) is 106 cm³/mol. The zero-order chi connectivity index (χ0) is 18.7. The van der Waals surface area contributed by atoms with Crippen LogP contribution in [-0.4, -0.2) is 32.3 Å². The van der Waals surface area contributed by atoms with Crippen LogP contribution in [0.1, 0.15) is 32.0 Å². The molecule has 2 heterocycles. The second-order valence-corrected chi connectivity index (χ2v) is 7.14. The maximum Gasteiger partial charge on any atom is 0.404 e. The summed E-state index contributed by atoms with van der Waals surface area (Å²) < 4.78 is 3.17. The quantitative estimate of drug-likeness (QED) is 0.503. The molecule has 3 rings (SSSR count). The van der Waals surface area contributed by atoms with Crippen molar-refractivity contribution < 1.29 is 9.90 Å². The molecule has 0 atom stereocenters. The van der Waals surface area contributed by atoms with E-state index in [4.69, 9.17) is 15.8 Å². The second-order valence-electron chi connectivity index (χ2n) is 6.22. The molecule has 138 valence electrons. The fourth-order valence-electron chi connectivity index (χ4n) is 3.18. The lowest BCUT2D eigenvalue weighted by molar-refractivity contribution is 0.194. The lowest BCUT2D eigenvalue weighted by atomic mass is 10.2. The number of unbranched alkanes of at least 4 members (excludes halogenated alkanes) is 1. The summed E-state index contributed by atoms with van der Waals surface area (Å²) in [5.74, 6) is 1.44. The van der Waals surface area contributed by atoms with Gasteiger partial charge in [0.1, 0.15) is 11.3 Å². The average molecular weight is 420 g/mol. The van der Waals surface area contributed by atoms with E-state index in [1.807, 2.05) is 18.2 Å². The smallest absolute Gasteiger partial charge is 0.404 e. The number of nitrogens with two attached hydrogens (primary N) is 1. The number of aryl methyl sites for hydroxylation is 2. The normalized spacial score (nSPS) is 11.3. The Bertz CT molecular complexity index is 954. The summed E-state index contributed by atoms with van der Waals surface area (Å²) in [7, 11) is 0. The Kier molecular flexibility index (Phi) is 5.61. The number of rotatable bonds is 7. The first-order valence-corrected chi connectivity index (χ1v) is 9.51. The van der Waals surface area contributed by atoms with E-state index in [1.165, 1.54) is 0 Å². The van der Waals surface area contributed by atoms with Crippen LogP contribution in [0.3, 0.4) is 0 Å². The van der Waals surface area contributed by atoms with Crippen LogP contribution in [0.5, 0.6) is 0 Å². The van der Waals surface area contributed by atoms with Gasteiger partial charge in [0.05, 0.1) is 11.0 Å². The van der Waals surface area contributed by atoms with Crippen LogP contribution < -0.4 is 11.1 Å². The van der Waals surface area contributed by atoms with E-state index >= 15 is 0 Å². The number of hydrogen-bond donors (Lipinski definition) is 3. The molecule has 0 aliphatic heterocycles. The van der Waals surface area contributed by atoms with Gasteiger partial charge in [0.15, 0.2) is 5.82 Å². The van der Waals surface area contributed by atoms with Gasteiger partial charge in [0.2, 0.25) is 0 Å². The molecule has 0 bridgehead atoms. The third-order valence-corrected chi connectivity index (χ3v) is 4.80. The number of carbonyl (C=O) groups is 1. The highest BCUT2D eigenvalue weighted by Gasteiger charge is 2.17. The van der Waals surface area contributed by atoms with E-state index in [1.54, 1.807) is 0 Å². The number of fused-ring (bicyclic) bond motifs is 3. The second kappa shape index (κ2) is 7.90. The number of nitrogen functional groups attached to an aromatic ring is 1. The molecular weight excluding hydrogens is 398 g/mol. The summed E-state index contributed by atoms with van der Waals surface area (Å²) in [6.07, 6.45) is 2.48. The van der Waals surface area contributed by atoms with Gasteiger partial charge in [-0.3, -0.25) is 0 Å². The van der Waals surface area contributed by atoms with E-state index < -0.39 is 6.09 Å². The number of aromatic nitrogens is 3. The monoisotopic (exact) mass is 419 g/mol. The molecule has 0 saturated heterocycles. The van der Waals surface area contributed by atoms with Crippen LogP contribution >= 0.6 is 15.9 Å². The van der Waals surface area contributed by atoms with Crippen molar-refractivity contribution in [1.29, 1.82) is 0 Å². The molecule has 0 radical (unpaired) electrons. The van der Waals surface area contributed by atoms with Crippen LogP contribution in [-0.2, 0) is 13.0 Å². The molecule has 7 nitrogen and oxygen atoms in total. The summed E-state index contributed by atoms with van der Waals surface area (Å²) in [6, 6.07) is 5.99. The van der Waals surface area contributed by atoms with E-state index in [0.29, 0.717) is 12.4 Å². The van der Waals surface area contributed by atoms with Gasteiger partial charge in [-0.15, -0.1) is 0 Å². The molecule has 1 amide bonds. The number of nitrogens with one attached hydrogen (secondary N) is 1. The van der Waals surface area contributed by atoms with Gasteiger partial charge < -0.3 is 20.7 Å². The van der Waals surface area contributed by atoms with Crippen molar-refractivity contribution in [3.63, 3.8) is 0 Å². The molecule has 4 N–H and O–H groups in total. The van der Waals surface area contributed by atoms with Gasteiger partial charge in [0, 0.05) is 29.4 Å². The number of anilines is 1. The Hall–Kier alpha value is -2.35. The van der Waals surface area contributed by atoms with Crippen molar-refractivity contribution in [2.75, 3.05) is 12.3 Å². The van der Waals surface area contributed by atoms with Gasteiger partial charge in [0.25, 0.3) is 0 Å². The number of halogens is 1. The zero-order valence-corrected chi connectivity index (χ0v) is 16.2. The van der Waals surface area contributed by atoms with Crippen molar-refractivity contribution >= 4 is 49.8 Å². The number of amides is 1. The molecule has 3 aromatic rings. The first-order valence-electron chi connectivity index (χ1n) is 8.72. The summed E-state index contributed by atoms with van der Waals surface area (Å²) in [4.78, 5) is 19.8. The maximum atomic E-state index is 10.6. The molecule has 0 aliphatic carbocycles. The molecule has 1 aromatic carbocycles. The SMILES string of the molecule is CCCc1nc2c(N)nc3cc(Br)ccc3c2n1CCCCNC(=O)O. The summed E-state index contributed by atoms with van der Waals surface area (Å²) in [5, 5.41) is 12.1. The zero-order valence-electron chi connectivity index (χ0n) is 14.6. The van der Waals surface area contributed by atoms with Gasteiger partial charge >= 0.3 is 6.09 Å². The Morgan fingerprint density at radius 3 is 2.88 bits per heavy atom. The Balaban J connectivity index is 2.01. The Labute approximate surface area is 159 Å². The molecule has 0 saturated carbocycles. The standard InChI is InChI=1S/C18H22BrN5O2/c1-2-5-14-23-15-16(24(14)9-4-3-8-21-18(25)26)12-7-6-11(19)10-13(12)22-17(15)20/h6-7,10,21H,2-5,8-9H2,1H3,(H2,20,22)(H,25,26). The first kappa shape index (κ1) is 18.4. The fourth-order valence-corrected chi connectivity index (χ4v) is 3.53. The number of pyridine rings is 1. The number of benzene rings is 1. The molecule has 0 fully saturated rings. The molecule has 26 heavy (non-hydrogen) atoms. The van der Waals surface area contributed by atoms with Gasteiger partial charge in [-0.1, -0.05) is 22.9 Å². The van der Waals surface area contributed by atoms with Crippen LogP contribution in [0.15, 0.2) is 22.7 Å². The highest BCUT2D eigenvalue weighted by Crippen LogP contribution is 2.31. The lowest BCUT2D eigenvalue weighted by Gasteiger charge is -2.11. The Morgan fingerprint density at radius 2 is 2.15 bits per heavy atom. The minimum atomic E-state index is -0.986. The van der Waals surface area contributed by atoms with Gasteiger partial charge in [-0.2, -0.15) is 0 Å².